The predicted octanol–water partition coefficient (Wildman–Crippen LogP) is 0.774. The zero-order chi connectivity index (χ0) is 11.4. The molecular formula is C9H12N4OS. The van der Waals surface area contributed by atoms with Gasteiger partial charge in [-0.25, -0.2) is 0 Å². The van der Waals surface area contributed by atoms with E-state index in [2.05, 4.69) is 5.32 Å². The molecule has 15 heavy (non-hydrogen) atoms. The van der Waals surface area contributed by atoms with E-state index < -0.39 is 5.91 Å². The first-order chi connectivity index (χ1) is 7.04. The van der Waals surface area contributed by atoms with Crippen LogP contribution in [0.15, 0.2) is 22.8 Å². The van der Waals surface area contributed by atoms with Gasteiger partial charge in [-0.15, -0.1) is 11.3 Å². The minimum Gasteiger partial charge on any atom is -0.385 e. The molecule has 1 heterocycles. The van der Waals surface area contributed by atoms with Gasteiger partial charge in [0, 0.05) is 6.21 Å². The summed E-state index contributed by atoms with van der Waals surface area (Å²) in [6.45, 7) is 1.95. The summed E-state index contributed by atoms with van der Waals surface area (Å²) in [5.41, 5.74) is 11.7. The Morgan fingerprint density at radius 3 is 2.67 bits per heavy atom. The van der Waals surface area contributed by atoms with Gasteiger partial charge in [0.05, 0.1) is 10.6 Å². The van der Waals surface area contributed by atoms with Crippen LogP contribution in [0.2, 0.25) is 0 Å². The molecule has 0 aromatic carbocycles. The van der Waals surface area contributed by atoms with Gasteiger partial charge in [0.15, 0.2) is 0 Å². The summed E-state index contributed by atoms with van der Waals surface area (Å²) in [7, 11) is 0. The maximum Gasteiger partial charge on any atom is 0.253 e. The summed E-state index contributed by atoms with van der Waals surface area (Å²) in [6.07, 6.45) is 0.838. The van der Waals surface area contributed by atoms with Crippen LogP contribution in [0, 0.1) is 12.3 Å². The maximum atomic E-state index is 10.9. The highest BCUT2D eigenvalue weighted by molar-refractivity contribution is 7.14. The summed E-state index contributed by atoms with van der Waals surface area (Å²) in [5.74, 6) is -0.623. The van der Waals surface area contributed by atoms with Crippen molar-refractivity contribution in [2.45, 2.75) is 6.92 Å². The molecule has 0 aliphatic rings. The number of carbonyl (C=O) groups is 1. The molecule has 6 N–H and O–H groups in total. The quantitative estimate of drug-likeness (QED) is 0.448. The zero-order valence-electron chi connectivity index (χ0n) is 8.20. The first-order valence-corrected chi connectivity index (χ1v) is 5.04. The van der Waals surface area contributed by atoms with Crippen molar-refractivity contribution in [2.24, 2.45) is 11.5 Å². The molecule has 5 nitrogen and oxygen atoms in total. The van der Waals surface area contributed by atoms with E-state index in [0.717, 1.165) is 16.8 Å². The molecular weight excluding hydrogens is 212 g/mol. The number of thiophene rings is 1. The van der Waals surface area contributed by atoms with E-state index in [1.165, 1.54) is 11.3 Å². The van der Waals surface area contributed by atoms with E-state index in [0.29, 0.717) is 0 Å². The number of nitrogens with two attached hydrogens (primary N) is 2. The van der Waals surface area contributed by atoms with Gasteiger partial charge < -0.3 is 22.2 Å². The van der Waals surface area contributed by atoms with Gasteiger partial charge in [0.2, 0.25) is 0 Å². The third-order valence-corrected chi connectivity index (χ3v) is 2.65. The van der Waals surface area contributed by atoms with Gasteiger partial charge >= 0.3 is 0 Å². The lowest BCUT2D eigenvalue weighted by Crippen LogP contribution is -2.23. The molecule has 0 atom stereocenters. The highest BCUT2D eigenvalue weighted by Crippen LogP contribution is 2.20. The van der Waals surface area contributed by atoms with E-state index in [-0.39, 0.29) is 11.4 Å². The largest absolute Gasteiger partial charge is 0.385 e. The fourth-order valence-corrected chi connectivity index (χ4v) is 1.78. The third-order valence-electron chi connectivity index (χ3n) is 1.69. The van der Waals surface area contributed by atoms with Crippen molar-refractivity contribution in [3.63, 3.8) is 0 Å². The Hall–Kier alpha value is -1.82. The number of anilines is 1. The van der Waals surface area contributed by atoms with E-state index in [4.69, 9.17) is 16.9 Å². The van der Waals surface area contributed by atoms with Crippen LogP contribution in [0.1, 0.15) is 5.56 Å². The molecule has 0 saturated heterocycles. The third kappa shape index (κ3) is 2.81. The van der Waals surface area contributed by atoms with Crippen molar-refractivity contribution in [3.8, 4) is 0 Å². The monoisotopic (exact) mass is 224 g/mol. The van der Waals surface area contributed by atoms with Crippen molar-refractivity contribution in [3.05, 3.63) is 28.4 Å². The Labute approximate surface area is 91.3 Å². The highest BCUT2D eigenvalue weighted by Gasteiger charge is 2.07. The zero-order valence-corrected chi connectivity index (χ0v) is 9.02. The lowest BCUT2D eigenvalue weighted by Gasteiger charge is -2.05. The SMILES string of the molecule is Cc1csc(N/C(N)=C(/C=N)C(N)=O)c1. The summed E-state index contributed by atoms with van der Waals surface area (Å²) >= 11 is 1.46. The van der Waals surface area contributed by atoms with Crippen molar-refractivity contribution in [1.29, 1.82) is 5.41 Å². The van der Waals surface area contributed by atoms with Crippen LogP contribution in [0.25, 0.3) is 0 Å². The van der Waals surface area contributed by atoms with E-state index in [1.807, 2.05) is 18.4 Å². The second kappa shape index (κ2) is 4.61. The topological polar surface area (TPSA) is 105 Å². The molecule has 0 bridgehead atoms. The second-order valence-electron chi connectivity index (χ2n) is 2.95. The van der Waals surface area contributed by atoms with Crippen LogP contribution >= 0.6 is 11.3 Å². The molecule has 0 radical (unpaired) electrons. The van der Waals surface area contributed by atoms with E-state index >= 15 is 0 Å². The van der Waals surface area contributed by atoms with E-state index in [1.54, 1.807) is 0 Å². The first-order valence-electron chi connectivity index (χ1n) is 4.16. The maximum absolute atomic E-state index is 10.9. The number of hydrogen-bond donors (Lipinski definition) is 4. The number of amides is 1. The summed E-state index contributed by atoms with van der Waals surface area (Å²) in [6, 6.07) is 1.89. The molecule has 1 amide bonds. The minimum atomic E-state index is -0.719. The standard InChI is InChI=1S/C9H12N4OS/c1-5-2-7(15-4-5)13-8(11)6(3-10)9(12)14/h2-4,10,13H,11H2,1H3,(H2,12,14)/b8-6-,10-3?. The summed E-state index contributed by atoms with van der Waals surface area (Å²) in [4.78, 5) is 10.9. The lowest BCUT2D eigenvalue weighted by molar-refractivity contribution is -0.114. The molecule has 0 fully saturated rings. The Kier molecular flexibility index (Phi) is 3.46. The molecule has 0 aliphatic heterocycles. The normalized spacial score (nSPS) is 11.8. The minimum absolute atomic E-state index is 0.0268. The number of nitrogens with one attached hydrogen (secondary N) is 2. The molecule has 0 saturated carbocycles. The number of aryl methyl sites for hydroxylation is 1. The Morgan fingerprint density at radius 1 is 1.60 bits per heavy atom. The molecule has 1 rings (SSSR count). The number of carbonyl (C=O) groups excluding carboxylic acids is 1. The van der Waals surface area contributed by atoms with Crippen molar-refractivity contribution < 1.29 is 4.79 Å². The molecule has 80 valence electrons. The average molecular weight is 224 g/mol. The van der Waals surface area contributed by atoms with Crippen LogP contribution in [0.5, 0.6) is 0 Å². The first kappa shape index (κ1) is 11.3. The van der Waals surface area contributed by atoms with Crippen LogP contribution in [0.4, 0.5) is 5.00 Å². The van der Waals surface area contributed by atoms with Crippen LogP contribution < -0.4 is 16.8 Å². The summed E-state index contributed by atoms with van der Waals surface area (Å²) in [5, 5.41) is 12.6. The summed E-state index contributed by atoms with van der Waals surface area (Å²) < 4.78 is 0. The number of rotatable bonds is 4. The average Bonchev–Trinajstić information content (AvgIpc) is 2.51. The van der Waals surface area contributed by atoms with Crippen LogP contribution in [-0.4, -0.2) is 12.1 Å². The van der Waals surface area contributed by atoms with Crippen molar-refractivity contribution in [2.75, 3.05) is 5.32 Å². The molecule has 6 heteroatoms. The van der Waals surface area contributed by atoms with Gasteiger partial charge in [0.25, 0.3) is 5.91 Å². The predicted molar refractivity (Wildman–Crippen MR) is 61.9 cm³/mol. The molecule has 0 spiro atoms. The van der Waals surface area contributed by atoms with Crippen molar-refractivity contribution in [1.82, 2.24) is 0 Å². The van der Waals surface area contributed by atoms with E-state index in [9.17, 15) is 4.79 Å². The number of primary amides is 1. The van der Waals surface area contributed by atoms with Gasteiger partial charge in [-0.3, -0.25) is 4.79 Å². The van der Waals surface area contributed by atoms with Crippen molar-refractivity contribution >= 4 is 28.5 Å². The molecule has 1 aromatic rings. The second-order valence-corrected chi connectivity index (χ2v) is 3.86. The van der Waals surface area contributed by atoms with Crippen LogP contribution in [-0.2, 0) is 4.79 Å². The Bertz CT molecular complexity index is 422. The lowest BCUT2D eigenvalue weighted by atomic mass is 10.2. The fraction of sp³-hybridized carbons (Fsp3) is 0.111. The molecule has 0 unspecified atom stereocenters. The Balaban J connectivity index is 2.89. The molecule has 0 aliphatic carbocycles. The van der Waals surface area contributed by atoms with Crippen LogP contribution in [0.3, 0.4) is 0 Å². The van der Waals surface area contributed by atoms with Gasteiger partial charge in [0.1, 0.15) is 5.82 Å². The Morgan fingerprint density at radius 2 is 2.27 bits per heavy atom. The van der Waals surface area contributed by atoms with Gasteiger partial charge in [-0.2, -0.15) is 0 Å². The van der Waals surface area contributed by atoms with Gasteiger partial charge in [-0.05, 0) is 23.9 Å². The van der Waals surface area contributed by atoms with Gasteiger partial charge in [-0.1, -0.05) is 0 Å². The highest BCUT2D eigenvalue weighted by atomic mass is 32.1. The number of hydrogen-bond acceptors (Lipinski definition) is 5. The fourth-order valence-electron chi connectivity index (χ4n) is 0.978. The smallest absolute Gasteiger partial charge is 0.253 e. The molecule has 1 aromatic heterocycles.